The van der Waals surface area contributed by atoms with E-state index in [1.165, 1.54) is 17.0 Å². The topological polar surface area (TPSA) is 74.0 Å². The molecule has 2 aliphatic heterocycles. The molecular formula is C26H30F3N5O2. The first-order valence-electron chi connectivity index (χ1n) is 12.3. The van der Waals surface area contributed by atoms with Crippen molar-refractivity contribution < 1.29 is 23.1 Å². The van der Waals surface area contributed by atoms with E-state index in [1.54, 1.807) is 11.4 Å². The average molecular weight is 502 g/mol. The number of aromatic nitrogens is 3. The lowest BCUT2D eigenvalue weighted by molar-refractivity contribution is -0.138. The van der Waals surface area contributed by atoms with Gasteiger partial charge in [-0.3, -0.25) is 4.79 Å². The summed E-state index contributed by atoms with van der Waals surface area (Å²) in [6.07, 6.45) is -0.972. The second-order valence-electron chi connectivity index (χ2n) is 10.1. The maximum atomic E-state index is 13.7. The van der Waals surface area contributed by atoms with Crippen molar-refractivity contribution in [3.63, 3.8) is 0 Å². The molecule has 0 saturated carbocycles. The van der Waals surface area contributed by atoms with Crippen LogP contribution in [0.15, 0.2) is 30.5 Å². The molecule has 0 spiro atoms. The van der Waals surface area contributed by atoms with Gasteiger partial charge in [0.1, 0.15) is 5.82 Å². The van der Waals surface area contributed by atoms with Gasteiger partial charge in [0.2, 0.25) is 0 Å². The van der Waals surface area contributed by atoms with Crippen molar-refractivity contribution in [1.29, 1.82) is 0 Å². The molecule has 4 heterocycles. The summed E-state index contributed by atoms with van der Waals surface area (Å²) >= 11 is 0. The summed E-state index contributed by atoms with van der Waals surface area (Å²) in [7, 11) is 0. The summed E-state index contributed by atoms with van der Waals surface area (Å²) in [5.74, 6) is 0.300. The Kier molecular flexibility index (Phi) is 6.18. The van der Waals surface area contributed by atoms with Crippen LogP contribution in [0.1, 0.15) is 65.0 Å². The number of carbonyl (C=O) groups is 1. The first kappa shape index (κ1) is 24.5. The SMILES string of the molecule is Cc1ccc(C(F)(F)F)c(C(=O)N2CCCC[C@H]2c2cc3nc(N4C[C@@H](C)[C@@H](O)C4)c(C)cn3n2)c1. The molecule has 1 aromatic carbocycles. The summed E-state index contributed by atoms with van der Waals surface area (Å²) < 4.78 is 42.8. The Hall–Kier alpha value is -3.14. The number of piperidine rings is 1. The number of hydrogen-bond acceptors (Lipinski definition) is 5. The van der Waals surface area contributed by atoms with Crippen molar-refractivity contribution in [2.45, 2.75) is 58.4 Å². The summed E-state index contributed by atoms with van der Waals surface area (Å²) in [4.78, 5) is 21.9. The summed E-state index contributed by atoms with van der Waals surface area (Å²) in [6, 6.07) is 5.06. The van der Waals surface area contributed by atoms with E-state index in [0.717, 1.165) is 30.3 Å². The number of likely N-dealkylation sites (tertiary alicyclic amines) is 1. The number of aryl methyl sites for hydroxylation is 2. The summed E-state index contributed by atoms with van der Waals surface area (Å²) in [5.41, 5.74) is 1.48. The molecule has 1 N–H and O–H groups in total. The summed E-state index contributed by atoms with van der Waals surface area (Å²) in [6.45, 7) is 7.19. The number of fused-ring (bicyclic) bond motifs is 1. The number of benzene rings is 1. The highest BCUT2D eigenvalue weighted by Crippen LogP contribution is 2.37. The van der Waals surface area contributed by atoms with Gasteiger partial charge in [0.25, 0.3) is 5.91 Å². The lowest BCUT2D eigenvalue weighted by Crippen LogP contribution is -2.39. The molecule has 0 unspecified atom stereocenters. The standard InChI is InChI=1S/C26H30F3N5O2/c1-15-7-8-19(26(27,28)29)18(10-15)25(36)33-9-5-4-6-21(33)20-11-23-30-24(17(3)13-34(23)31-20)32-12-16(2)22(35)14-32/h7-8,10-11,13,16,21-22,35H,4-6,9,12,14H2,1-3H3/t16-,21+,22+/m1/s1. The number of halogens is 3. The predicted molar refractivity (Wildman–Crippen MR) is 129 cm³/mol. The maximum Gasteiger partial charge on any atom is 0.417 e. The highest BCUT2D eigenvalue weighted by Gasteiger charge is 2.39. The van der Waals surface area contributed by atoms with Gasteiger partial charge in [-0.25, -0.2) is 9.50 Å². The molecule has 1 amide bonds. The third kappa shape index (κ3) is 4.42. The van der Waals surface area contributed by atoms with Gasteiger partial charge in [-0.1, -0.05) is 18.6 Å². The lowest BCUT2D eigenvalue weighted by atomic mass is 9.96. The Bertz CT molecular complexity index is 1290. The zero-order valence-corrected chi connectivity index (χ0v) is 20.6. The lowest BCUT2D eigenvalue weighted by Gasteiger charge is -2.35. The highest BCUT2D eigenvalue weighted by molar-refractivity contribution is 5.96. The average Bonchev–Trinajstić information content (AvgIpc) is 3.39. The molecule has 192 valence electrons. The van der Waals surface area contributed by atoms with E-state index in [1.807, 2.05) is 26.1 Å². The van der Waals surface area contributed by atoms with Crippen LogP contribution in [0.5, 0.6) is 0 Å². The Morgan fingerprint density at radius 1 is 1.14 bits per heavy atom. The Morgan fingerprint density at radius 3 is 2.61 bits per heavy atom. The zero-order chi connectivity index (χ0) is 25.8. The molecule has 0 bridgehead atoms. The normalized spacial score (nSPS) is 23.0. The maximum absolute atomic E-state index is 13.7. The monoisotopic (exact) mass is 501 g/mol. The number of aliphatic hydroxyl groups excluding tert-OH is 1. The van der Waals surface area contributed by atoms with Crippen molar-refractivity contribution in [2.75, 3.05) is 24.5 Å². The first-order valence-corrected chi connectivity index (χ1v) is 12.3. The molecule has 2 aliphatic rings. The first-order chi connectivity index (χ1) is 17.0. The number of nitrogens with zero attached hydrogens (tertiary/aromatic N) is 5. The molecule has 2 aromatic heterocycles. The summed E-state index contributed by atoms with van der Waals surface area (Å²) in [5, 5.41) is 14.9. The molecule has 10 heteroatoms. The van der Waals surface area contributed by atoms with E-state index >= 15 is 0 Å². The van der Waals surface area contributed by atoms with Crippen molar-refractivity contribution in [3.8, 4) is 0 Å². The van der Waals surface area contributed by atoms with Gasteiger partial charge in [0, 0.05) is 43.4 Å². The zero-order valence-electron chi connectivity index (χ0n) is 20.6. The minimum Gasteiger partial charge on any atom is -0.391 e. The van der Waals surface area contributed by atoms with Gasteiger partial charge in [0.05, 0.1) is 29.0 Å². The Morgan fingerprint density at radius 2 is 1.92 bits per heavy atom. The van der Waals surface area contributed by atoms with Crippen molar-refractivity contribution in [1.82, 2.24) is 19.5 Å². The molecular weight excluding hydrogens is 471 g/mol. The van der Waals surface area contributed by atoms with E-state index in [0.29, 0.717) is 43.0 Å². The quantitative estimate of drug-likeness (QED) is 0.570. The number of rotatable bonds is 3. The Labute approximate surface area is 207 Å². The van der Waals surface area contributed by atoms with E-state index in [4.69, 9.17) is 4.98 Å². The van der Waals surface area contributed by atoms with Crippen LogP contribution in [0.2, 0.25) is 0 Å². The number of carbonyl (C=O) groups excluding carboxylic acids is 1. The van der Waals surface area contributed by atoms with Crippen LogP contribution in [0, 0.1) is 19.8 Å². The number of hydrogen-bond donors (Lipinski definition) is 1. The number of aliphatic hydroxyl groups is 1. The van der Waals surface area contributed by atoms with Crippen LogP contribution in [0.3, 0.4) is 0 Å². The number of anilines is 1. The van der Waals surface area contributed by atoms with E-state index in [-0.39, 0.29) is 11.5 Å². The van der Waals surface area contributed by atoms with Gasteiger partial charge in [-0.15, -0.1) is 0 Å². The second-order valence-corrected chi connectivity index (χ2v) is 10.1. The predicted octanol–water partition coefficient (Wildman–Crippen LogP) is 4.55. The minimum absolute atomic E-state index is 0.146. The third-order valence-electron chi connectivity index (χ3n) is 7.31. The van der Waals surface area contributed by atoms with Gasteiger partial charge in [-0.05, 0) is 45.2 Å². The number of alkyl halides is 3. The molecule has 7 nitrogen and oxygen atoms in total. The van der Waals surface area contributed by atoms with Crippen LogP contribution >= 0.6 is 0 Å². The highest BCUT2D eigenvalue weighted by atomic mass is 19.4. The molecule has 0 radical (unpaired) electrons. The van der Waals surface area contributed by atoms with E-state index < -0.39 is 29.8 Å². The molecule has 3 aromatic rings. The van der Waals surface area contributed by atoms with Crippen LogP contribution in [-0.2, 0) is 6.18 Å². The van der Waals surface area contributed by atoms with Gasteiger partial charge < -0.3 is 14.9 Å². The molecule has 3 atom stereocenters. The fraction of sp³-hybridized carbons (Fsp3) is 0.500. The van der Waals surface area contributed by atoms with Crippen LogP contribution in [0.25, 0.3) is 5.65 Å². The Balaban J connectivity index is 1.49. The van der Waals surface area contributed by atoms with Crippen LogP contribution in [-0.4, -0.2) is 56.2 Å². The molecule has 5 rings (SSSR count). The van der Waals surface area contributed by atoms with Gasteiger partial charge in [0.15, 0.2) is 5.65 Å². The third-order valence-corrected chi connectivity index (χ3v) is 7.31. The van der Waals surface area contributed by atoms with Crippen molar-refractivity contribution >= 4 is 17.4 Å². The van der Waals surface area contributed by atoms with Crippen molar-refractivity contribution in [3.05, 3.63) is 58.4 Å². The number of amides is 1. The van der Waals surface area contributed by atoms with E-state index in [9.17, 15) is 23.1 Å². The minimum atomic E-state index is -4.62. The second kappa shape index (κ2) is 9.06. The molecule has 0 aliphatic carbocycles. The molecule has 2 fully saturated rings. The fourth-order valence-electron chi connectivity index (χ4n) is 5.34. The smallest absolute Gasteiger partial charge is 0.391 e. The fourth-order valence-corrected chi connectivity index (χ4v) is 5.34. The van der Waals surface area contributed by atoms with Crippen molar-refractivity contribution in [2.24, 2.45) is 5.92 Å². The van der Waals surface area contributed by atoms with Crippen LogP contribution in [0.4, 0.5) is 19.0 Å². The molecule has 36 heavy (non-hydrogen) atoms. The van der Waals surface area contributed by atoms with Crippen LogP contribution < -0.4 is 4.90 Å². The number of β-amino-alcohol motifs (C(OH)–C–C–N with tert-alkyl or cyclic N) is 1. The van der Waals surface area contributed by atoms with E-state index in [2.05, 4.69) is 10.00 Å². The molecule has 2 saturated heterocycles. The van der Waals surface area contributed by atoms with Gasteiger partial charge in [-0.2, -0.15) is 18.3 Å². The largest absolute Gasteiger partial charge is 0.417 e. The van der Waals surface area contributed by atoms with Gasteiger partial charge >= 0.3 is 6.18 Å².